The molecule has 78 valence electrons. The van der Waals surface area contributed by atoms with E-state index in [1.54, 1.807) is 0 Å². The van der Waals surface area contributed by atoms with Gasteiger partial charge in [0.1, 0.15) is 0 Å². The fraction of sp³-hybridized carbons (Fsp3) is 1.00. The standard InChI is InChI=1S/C10H21NOS/c1-8(7-13-2)6-11-9-4-3-5-10(9)12/h8-12H,3-7H2,1-2H3/t8?,9-,10-/m0/s1. The highest BCUT2D eigenvalue weighted by molar-refractivity contribution is 7.98. The minimum absolute atomic E-state index is 0.0959. The predicted molar refractivity (Wildman–Crippen MR) is 59.2 cm³/mol. The van der Waals surface area contributed by atoms with Gasteiger partial charge in [-0.25, -0.2) is 0 Å². The van der Waals surface area contributed by atoms with Gasteiger partial charge in [-0.05, 0) is 43.7 Å². The van der Waals surface area contributed by atoms with Crippen molar-refractivity contribution in [3.8, 4) is 0 Å². The van der Waals surface area contributed by atoms with E-state index in [0.717, 1.165) is 19.4 Å². The molecule has 0 aromatic heterocycles. The quantitative estimate of drug-likeness (QED) is 0.710. The van der Waals surface area contributed by atoms with Crippen molar-refractivity contribution in [2.75, 3.05) is 18.6 Å². The average Bonchev–Trinajstić information content (AvgIpc) is 2.48. The number of thioether (sulfide) groups is 1. The molecular formula is C10H21NOS. The summed E-state index contributed by atoms with van der Waals surface area (Å²) in [5.74, 6) is 1.92. The molecule has 0 aliphatic heterocycles. The Morgan fingerprint density at radius 2 is 2.31 bits per heavy atom. The monoisotopic (exact) mass is 203 g/mol. The van der Waals surface area contributed by atoms with E-state index in [2.05, 4.69) is 18.5 Å². The number of hydrogen-bond donors (Lipinski definition) is 2. The van der Waals surface area contributed by atoms with Crippen molar-refractivity contribution in [3.63, 3.8) is 0 Å². The van der Waals surface area contributed by atoms with E-state index in [4.69, 9.17) is 0 Å². The summed E-state index contributed by atoms with van der Waals surface area (Å²) in [6, 6.07) is 0.365. The third-order valence-electron chi connectivity index (χ3n) is 2.66. The molecule has 0 aromatic rings. The summed E-state index contributed by atoms with van der Waals surface area (Å²) in [6.45, 7) is 3.30. The Balaban J connectivity index is 2.10. The van der Waals surface area contributed by atoms with Gasteiger partial charge in [-0.2, -0.15) is 11.8 Å². The third-order valence-corrected chi connectivity index (χ3v) is 3.56. The topological polar surface area (TPSA) is 32.3 Å². The van der Waals surface area contributed by atoms with Gasteiger partial charge in [-0.3, -0.25) is 0 Å². The van der Waals surface area contributed by atoms with Crippen molar-refractivity contribution in [2.45, 2.75) is 38.3 Å². The van der Waals surface area contributed by atoms with E-state index in [1.165, 1.54) is 12.2 Å². The lowest BCUT2D eigenvalue weighted by Crippen LogP contribution is -2.38. The van der Waals surface area contributed by atoms with Crippen LogP contribution in [0, 0.1) is 5.92 Å². The molecular weight excluding hydrogens is 182 g/mol. The zero-order valence-electron chi connectivity index (χ0n) is 8.62. The van der Waals surface area contributed by atoms with Gasteiger partial charge < -0.3 is 10.4 Å². The number of aliphatic hydroxyl groups excluding tert-OH is 1. The number of nitrogens with one attached hydrogen (secondary N) is 1. The molecule has 1 rings (SSSR count). The molecule has 2 N–H and O–H groups in total. The first-order valence-corrected chi connectivity index (χ1v) is 6.53. The fourth-order valence-electron chi connectivity index (χ4n) is 1.87. The van der Waals surface area contributed by atoms with E-state index >= 15 is 0 Å². The molecule has 0 spiro atoms. The lowest BCUT2D eigenvalue weighted by Gasteiger charge is -2.19. The average molecular weight is 203 g/mol. The second-order valence-corrected chi connectivity index (χ2v) is 4.98. The predicted octanol–water partition coefficient (Wildman–Crippen LogP) is 1.49. The highest BCUT2D eigenvalue weighted by atomic mass is 32.2. The molecule has 0 saturated heterocycles. The Labute approximate surface area is 85.5 Å². The third kappa shape index (κ3) is 3.88. The summed E-state index contributed by atoms with van der Waals surface area (Å²) in [6.07, 6.45) is 5.35. The molecule has 0 amide bonds. The Morgan fingerprint density at radius 3 is 2.85 bits per heavy atom. The lowest BCUT2D eigenvalue weighted by molar-refractivity contribution is 0.148. The summed E-state index contributed by atoms with van der Waals surface area (Å²) >= 11 is 1.89. The Kier molecular flexibility index (Phi) is 5.14. The van der Waals surface area contributed by atoms with Gasteiger partial charge in [0.05, 0.1) is 6.10 Å². The molecule has 2 nitrogen and oxygen atoms in total. The summed E-state index contributed by atoms with van der Waals surface area (Å²) in [4.78, 5) is 0. The molecule has 0 radical (unpaired) electrons. The van der Waals surface area contributed by atoms with Crippen molar-refractivity contribution in [1.29, 1.82) is 0 Å². The Bertz CT molecular complexity index is 143. The maximum atomic E-state index is 9.56. The maximum Gasteiger partial charge on any atom is 0.0693 e. The summed E-state index contributed by atoms with van der Waals surface area (Å²) in [5, 5.41) is 13.0. The molecule has 13 heavy (non-hydrogen) atoms. The van der Waals surface area contributed by atoms with Crippen LogP contribution in [0.15, 0.2) is 0 Å². The van der Waals surface area contributed by atoms with Crippen LogP contribution in [0.5, 0.6) is 0 Å². The molecule has 3 atom stereocenters. The minimum atomic E-state index is -0.0959. The minimum Gasteiger partial charge on any atom is -0.392 e. The summed E-state index contributed by atoms with van der Waals surface area (Å²) in [7, 11) is 0. The van der Waals surface area contributed by atoms with Gasteiger partial charge in [-0.15, -0.1) is 0 Å². The molecule has 1 unspecified atom stereocenters. The fourth-order valence-corrected chi connectivity index (χ4v) is 2.56. The van der Waals surface area contributed by atoms with Crippen LogP contribution in [0.4, 0.5) is 0 Å². The number of hydrogen-bond acceptors (Lipinski definition) is 3. The van der Waals surface area contributed by atoms with Crippen molar-refractivity contribution >= 4 is 11.8 Å². The molecule has 0 heterocycles. The van der Waals surface area contributed by atoms with Gasteiger partial charge in [0.15, 0.2) is 0 Å². The first-order chi connectivity index (χ1) is 6.24. The van der Waals surface area contributed by atoms with Gasteiger partial charge in [0.2, 0.25) is 0 Å². The van der Waals surface area contributed by atoms with Crippen molar-refractivity contribution in [2.24, 2.45) is 5.92 Å². The molecule has 1 aliphatic rings. The molecule has 0 aromatic carbocycles. The molecule has 1 fully saturated rings. The van der Waals surface area contributed by atoms with E-state index in [0.29, 0.717) is 12.0 Å². The first-order valence-electron chi connectivity index (χ1n) is 5.14. The van der Waals surface area contributed by atoms with Crippen molar-refractivity contribution in [3.05, 3.63) is 0 Å². The van der Waals surface area contributed by atoms with E-state index in [1.807, 2.05) is 11.8 Å². The van der Waals surface area contributed by atoms with E-state index in [-0.39, 0.29) is 6.10 Å². The Morgan fingerprint density at radius 1 is 1.54 bits per heavy atom. The van der Waals surface area contributed by atoms with Crippen LogP contribution >= 0.6 is 11.8 Å². The summed E-state index contributed by atoms with van der Waals surface area (Å²) < 4.78 is 0. The van der Waals surface area contributed by atoms with Gasteiger partial charge in [-0.1, -0.05) is 6.92 Å². The van der Waals surface area contributed by atoms with Crippen LogP contribution in [0.1, 0.15) is 26.2 Å². The van der Waals surface area contributed by atoms with Crippen LogP contribution in [0.25, 0.3) is 0 Å². The van der Waals surface area contributed by atoms with Crippen LogP contribution in [-0.4, -0.2) is 35.8 Å². The van der Waals surface area contributed by atoms with Crippen LogP contribution in [-0.2, 0) is 0 Å². The Hall–Kier alpha value is 0.270. The molecule has 3 heteroatoms. The van der Waals surface area contributed by atoms with Crippen LogP contribution < -0.4 is 5.32 Å². The van der Waals surface area contributed by atoms with Gasteiger partial charge in [0.25, 0.3) is 0 Å². The molecule has 1 saturated carbocycles. The van der Waals surface area contributed by atoms with Crippen LogP contribution in [0.3, 0.4) is 0 Å². The zero-order chi connectivity index (χ0) is 9.68. The van der Waals surface area contributed by atoms with E-state index in [9.17, 15) is 5.11 Å². The summed E-state index contributed by atoms with van der Waals surface area (Å²) in [5.41, 5.74) is 0. The van der Waals surface area contributed by atoms with E-state index < -0.39 is 0 Å². The highest BCUT2D eigenvalue weighted by Gasteiger charge is 2.24. The SMILES string of the molecule is CSCC(C)CN[C@H]1CCC[C@@H]1O. The van der Waals surface area contributed by atoms with Gasteiger partial charge in [0, 0.05) is 6.04 Å². The first kappa shape index (κ1) is 11.3. The normalized spacial score (nSPS) is 30.7. The largest absolute Gasteiger partial charge is 0.392 e. The van der Waals surface area contributed by atoms with Crippen molar-refractivity contribution < 1.29 is 5.11 Å². The van der Waals surface area contributed by atoms with Gasteiger partial charge >= 0.3 is 0 Å². The molecule has 0 bridgehead atoms. The molecule has 1 aliphatic carbocycles. The second-order valence-electron chi connectivity index (χ2n) is 4.07. The lowest BCUT2D eigenvalue weighted by atomic mass is 10.1. The zero-order valence-corrected chi connectivity index (χ0v) is 9.44. The number of rotatable bonds is 5. The highest BCUT2D eigenvalue weighted by Crippen LogP contribution is 2.18. The number of aliphatic hydroxyl groups is 1. The maximum absolute atomic E-state index is 9.56. The second kappa shape index (κ2) is 5.89. The smallest absolute Gasteiger partial charge is 0.0693 e. The van der Waals surface area contributed by atoms with Crippen molar-refractivity contribution in [1.82, 2.24) is 5.32 Å². The van der Waals surface area contributed by atoms with Crippen LogP contribution in [0.2, 0.25) is 0 Å².